The van der Waals surface area contributed by atoms with Gasteiger partial charge in [-0.2, -0.15) is 0 Å². The van der Waals surface area contributed by atoms with Crippen LogP contribution in [0.15, 0.2) is 47.4 Å². The Morgan fingerprint density at radius 1 is 1.04 bits per heavy atom. The molecular weight excluding hydrogens is 371 g/mol. The van der Waals surface area contributed by atoms with E-state index < -0.39 is 10.0 Å². The third-order valence-corrected chi connectivity index (χ3v) is 5.85. The van der Waals surface area contributed by atoms with E-state index in [0.29, 0.717) is 21.3 Å². The van der Waals surface area contributed by atoms with E-state index in [1.165, 1.54) is 38.4 Å². The zero-order chi connectivity index (χ0) is 17.9. The fraction of sp³-hybridized carbons (Fsp3) is 0.188. The zero-order valence-electron chi connectivity index (χ0n) is 13.1. The summed E-state index contributed by atoms with van der Waals surface area (Å²) in [6.07, 6.45) is 0.0241. The van der Waals surface area contributed by atoms with Crippen molar-refractivity contribution < 1.29 is 13.2 Å². The van der Waals surface area contributed by atoms with Gasteiger partial charge >= 0.3 is 0 Å². The Morgan fingerprint density at radius 3 is 2.08 bits per heavy atom. The van der Waals surface area contributed by atoms with E-state index in [1.54, 1.807) is 18.2 Å². The summed E-state index contributed by atoms with van der Waals surface area (Å²) in [7, 11) is -0.583. The first kappa shape index (κ1) is 18.7. The number of amides is 1. The third kappa shape index (κ3) is 4.27. The van der Waals surface area contributed by atoms with Gasteiger partial charge in [-0.3, -0.25) is 4.79 Å². The molecule has 2 aromatic rings. The Morgan fingerprint density at radius 2 is 1.58 bits per heavy atom. The molecule has 2 rings (SSSR count). The molecule has 128 valence electrons. The maximum absolute atomic E-state index is 12.1. The number of nitrogens with one attached hydrogen (secondary N) is 1. The molecule has 0 aromatic heterocycles. The molecule has 0 bridgehead atoms. The van der Waals surface area contributed by atoms with Gasteiger partial charge in [0, 0.05) is 29.8 Å². The number of hydrogen-bond donors (Lipinski definition) is 1. The van der Waals surface area contributed by atoms with Crippen LogP contribution in [0.2, 0.25) is 10.0 Å². The molecule has 2 aromatic carbocycles. The van der Waals surface area contributed by atoms with Crippen LogP contribution in [0, 0.1) is 0 Å². The second-order valence-electron chi connectivity index (χ2n) is 5.24. The normalized spacial score (nSPS) is 11.5. The van der Waals surface area contributed by atoms with Gasteiger partial charge in [0.25, 0.3) is 0 Å². The van der Waals surface area contributed by atoms with Gasteiger partial charge in [-0.15, -0.1) is 0 Å². The fourth-order valence-electron chi connectivity index (χ4n) is 1.99. The minimum Gasteiger partial charge on any atom is -0.326 e. The van der Waals surface area contributed by atoms with Crippen LogP contribution < -0.4 is 5.32 Å². The smallest absolute Gasteiger partial charge is 0.242 e. The van der Waals surface area contributed by atoms with E-state index in [-0.39, 0.29) is 17.2 Å². The Balaban J connectivity index is 2.10. The van der Waals surface area contributed by atoms with Gasteiger partial charge in [-0.25, -0.2) is 12.7 Å². The molecule has 5 nitrogen and oxygen atoms in total. The van der Waals surface area contributed by atoms with E-state index in [1.807, 2.05) is 0 Å². The molecule has 0 saturated carbocycles. The Bertz CT molecular complexity index is 830. The van der Waals surface area contributed by atoms with Gasteiger partial charge in [-0.1, -0.05) is 29.3 Å². The number of anilines is 1. The number of hydrogen-bond acceptors (Lipinski definition) is 3. The molecule has 0 fully saturated rings. The summed E-state index contributed by atoms with van der Waals surface area (Å²) >= 11 is 12.1. The lowest BCUT2D eigenvalue weighted by Crippen LogP contribution is -2.22. The average Bonchev–Trinajstić information content (AvgIpc) is 2.51. The topological polar surface area (TPSA) is 66.5 Å². The lowest BCUT2D eigenvalue weighted by molar-refractivity contribution is -0.115. The van der Waals surface area contributed by atoms with Crippen molar-refractivity contribution in [2.24, 2.45) is 0 Å². The molecule has 8 heteroatoms. The largest absolute Gasteiger partial charge is 0.326 e. The van der Waals surface area contributed by atoms with E-state index in [2.05, 4.69) is 5.32 Å². The molecule has 0 heterocycles. The quantitative estimate of drug-likeness (QED) is 0.855. The summed E-state index contributed by atoms with van der Waals surface area (Å²) in [5, 5.41) is 3.53. The van der Waals surface area contributed by atoms with Crippen molar-refractivity contribution in [1.29, 1.82) is 0 Å². The second-order valence-corrected chi connectivity index (χ2v) is 8.20. The van der Waals surface area contributed by atoms with Crippen LogP contribution in [0.1, 0.15) is 5.56 Å². The van der Waals surface area contributed by atoms with Crippen LogP contribution >= 0.6 is 23.2 Å². The van der Waals surface area contributed by atoms with E-state index in [9.17, 15) is 13.2 Å². The van der Waals surface area contributed by atoms with Crippen LogP contribution in [-0.2, 0) is 21.2 Å². The third-order valence-electron chi connectivity index (χ3n) is 3.32. The highest BCUT2D eigenvalue weighted by atomic mass is 35.5. The molecule has 1 amide bonds. The Kier molecular flexibility index (Phi) is 5.87. The highest BCUT2D eigenvalue weighted by Gasteiger charge is 2.17. The number of carbonyl (C=O) groups excluding carboxylic acids is 1. The first-order valence-electron chi connectivity index (χ1n) is 6.97. The van der Waals surface area contributed by atoms with Crippen molar-refractivity contribution in [3.63, 3.8) is 0 Å². The average molecular weight is 387 g/mol. The number of rotatable bonds is 5. The van der Waals surface area contributed by atoms with Gasteiger partial charge in [0.1, 0.15) is 0 Å². The molecule has 1 N–H and O–H groups in total. The van der Waals surface area contributed by atoms with Crippen molar-refractivity contribution in [2.75, 3.05) is 19.4 Å². The highest BCUT2D eigenvalue weighted by molar-refractivity contribution is 7.89. The SMILES string of the molecule is CN(C)S(=O)(=O)c1ccc(NC(=O)Cc2c(Cl)cccc2Cl)cc1. The van der Waals surface area contributed by atoms with Crippen molar-refractivity contribution in [3.8, 4) is 0 Å². The summed E-state index contributed by atoms with van der Waals surface area (Å²) < 4.78 is 25.1. The summed E-state index contributed by atoms with van der Waals surface area (Å²) in [5.74, 6) is -0.298. The van der Waals surface area contributed by atoms with Crippen LogP contribution in [-0.4, -0.2) is 32.7 Å². The predicted octanol–water partition coefficient (Wildman–Crippen LogP) is 3.42. The minimum absolute atomic E-state index is 0.0241. The van der Waals surface area contributed by atoms with Crippen molar-refractivity contribution in [3.05, 3.63) is 58.1 Å². The van der Waals surface area contributed by atoms with Crippen molar-refractivity contribution in [2.45, 2.75) is 11.3 Å². The first-order chi connectivity index (χ1) is 11.2. The Labute approximate surface area is 151 Å². The molecule has 0 unspecified atom stereocenters. The van der Waals surface area contributed by atoms with Gasteiger partial charge in [0.05, 0.1) is 11.3 Å². The summed E-state index contributed by atoms with van der Waals surface area (Å²) in [4.78, 5) is 12.3. The maximum Gasteiger partial charge on any atom is 0.242 e. The second kappa shape index (κ2) is 7.53. The number of carbonyl (C=O) groups is 1. The maximum atomic E-state index is 12.1. The van der Waals surface area contributed by atoms with Crippen molar-refractivity contribution >= 4 is 44.8 Å². The minimum atomic E-state index is -3.50. The number of halogens is 2. The summed E-state index contributed by atoms with van der Waals surface area (Å²) in [6, 6.07) is 11.0. The number of nitrogens with zero attached hydrogens (tertiary/aromatic N) is 1. The van der Waals surface area contributed by atoms with Gasteiger partial charge < -0.3 is 5.32 Å². The summed E-state index contributed by atoms with van der Waals surface area (Å²) in [5.41, 5.74) is 1.03. The molecule has 0 spiro atoms. The van der Waals surface area contributed by atoms with Crippen LogP contribution in [0.25, 0.3) is 0 Å². The standard InChI is InChI=1S/C16H16Cl2N2O3S/c1-20(2)24(22,23)12-8-6-11(7-9-12)19-16(21)10-13-14(17)4-3-5-15(13)18/h3-9H,10H2,1-2H3,(H,19,21). The molecule has 0 aliphatic rings. The zero-order valence-corrected chi connectivity index (χ0v) is 15.4. The lowest BCUT2D eigenvalue weighted by atomic mass is 10.1. The van der Waals surface area contributed by atoms with Gasteiger partial charge in [-0.05, 0) is 42.0 Å². The predicted molar refractivity (Wildman–Crippen MR) is 96.1 cm³/mol. The molecule has 0 aliphatic heterocycles. The number of sulfonamides is 1. The molecule has 0 radical (unpaired) electrons. The Hall–Kier alpha value is -1.60. The van der Waals surface area contributed by atoms with Crippen LogP contribution in [0.3, 0.4) is 0 Å². The number of benzene rings is 2. The summed E-state index contributed by atoms with van der Waals surface area (Å²) in [6.45, 7) is 0. The highest BCUT2D eigenvalue weighted by Crippen LogP contribution is 2.25. The van der Waals surface area contributed by atoms with Crippen LogP contribution in [0.5, 0.6) is 0 Å². The van der Waals surface area contributed by atoms with E-state index in [0.717, 1.165) is 4.31 Å². The molecule has 24 heavy (non-hydrogen) atoms. The van der Waals surface area contributed by atoms with E-state index >= 15 is 0 Å². The van der Waals surface area contributed by atoms with Crippen LogP contribution in [0.4, 0.5) is 5.69 Å². The van der Waals surface area contributed by atoms with Gasteiger partial charge in [0.2, 0.25) is 15.9 Å². The molecule has 0 atom stereocenters. The van der Waals surface area contributed by atoms with Crippen molar-refractivity contribution in [1.82, 2.24) is 4.31 Å². The van der Waals surface area contributed by atoms with E-state index in [4.69, 9.17) is 23.2 Å². The fourth-order valence-corrected chi connectivity index (χ4v) is 3.42. The monoisotopic (exact) mass is 386 g/mol. The molecule has 0 saturated heterocycles. The molecular formula is C16H16Cl2N2O3S. The lowest BCUT2D eigenvalue weighted by Gasteiger charge is -2.12. The molecule has 0 aliphatic carbocycles. The van der Waals surface area contributed by atoms with Gasteiger partial charge in [0.15, 0.2) is 0 Å². The first-order valence-corrected chi connectivity index (χ1v) is 9.17.